The first-order valence-corrected chi connectivity index (χ1v) is 10.6. The van der Waals surface area contributed by atoms with E-state index in [2.05, 4.69) is 35.9 Å². The second-order valence-electron chi connectivity index (χ2n) is 8.81. The number of fused-ring (bicyclic) bond motifs is 5. The quantitative estimate of drug-likeness (QED) is 0.624. The molecule has 0 aromatic heterocycles. The number of piperidine rings is 1. The molecule has 5 nitrogen and oxygen atoms in total. The largest absolute Gasteiger partial charge is 0.374 e. The summed E-state index contributed by atoms with van der Waals surface area (Å²) in [5.41, 5.74) is 0. The summed E-state index contributed by atoms with van der Waals surface area (Å²) in [6, 6.07) is 0.661. The predicted molar refractivity (Wildman–Crippen MR) is 102 cm³/mol. The molecule has 4 rings (SSSR count). The molecule has 0 radical (unpaired) electrons. The molecule has 0 aromatic rings. The lowest BCUT2D eigenvalue weighted by atomic mass is 9.82. The van der Waals surface area contributed by atoms with E-state index in [-0.39, 0.29) is 0 Å². The Labute approximate surface area is 153 Å². The third-order valence-corrected chi connectivity index (χ3v) is 6.87. The Bertz CT molecular complexity index is 476. The van der Waals surface area contributed by atoms with Crippen LogP contribution in [0.1, 0.15) is 46.5 Å². The SMILES string of the molecule is CCNC(=NCC1CCCN(C(C)C)C1)N1CC2C3CCC(O3)C2C1. The van der Waals surface area contributed by atoms with Crippen molar-refractivity contribution in [2.24, 2.45) is 22.7 Å². The molecule has 0 aromatic carbocycles. The van der Waals surface area contributed by atoms with Gasteiger partial charge in [-0.1, -0.05) is 0 Å². The molecular formula is C20H36N4O. The molecule has 0 saturated carbocycles. The third-order valence-electron chi connectivity index (χ3n) is 6.87. The van der Waals surface area contributed by atoms with Crippen molar-refractivity contribution in [2.75, 3.05) is 39.3 Å². The summed E-state index contributed by atoms with van der Waals surface area (Å²) in [5.74, 6) is 3.35. The van der Waals surface area contributed by atoms with Crippen molar-refractivity contribution in [2.45, 2.75) is 64.7 Å². The van der Waals surface area contributed by atoms with Crippen molar-refractivity contribution in [3.05, 3.63) is 0 Å². The van der Waals surface area contributed by atoms with Gasteiger partial charge in [-0.3, -0.25) is 4.99 Å². The number of nitrogens with one attached hydrogen (secondary N) is 1. The highest BCUT2D eigenvalue weighted by atomic mass is 16.5. The van der Waals surface area contributed by atoms with Gasteiger partial charge < -0.3 is 19.9 Å². The first-order valence-electron chi connectivity index (χ1n) is 10.6. The van der Waals surface area contributed by atoms with Crippen molar-refractivity contribution >= 4 is 5.96 Å². The van der Waals surface area contributed by atoms with Gasteiger partial charge in [0.1, 0.15) is 0 Å². The van der Waals surface area contributed by atoms with Gasteiger partial charge in [0.2, 0.25) is 0 Å². The minimum absolute atomic E-state index is 0.529. The maximum atomic E-state index is 6.12. The maximum absolute atomic E-state index is 6.12. The normalized spacial score (nSPS) is 38.6. The van der Waals surface area contributed by atoms with Crippen LogP contribution in [-0.4, -0.2) is 73.3 Å². The van der Waals surface area contributed by atoms with Crippen LogP contribution in [0.15, 0.2) is 4.99 Å². The van der Waals surface area contributed by atoms with E-state index in [1.807, 2.05) is 0 Å². The zero-order chi connectivity index (χ0) is 17.4. The number of aliphatic imine (C=N–C) groups is 1. The Balaban J connectivity index is 1.37. The zero-order valence-corrected chi connectivity index (χ0v) is 16.3. The van der Waals surface area contributed by atoms with E-state index in [1.54, 1.807) is 0 Å². The van der Waals surface area contributed by atoms with Crippen LogP contribution in [-0.2, 0) is 4.74 Å². The molecule has 4 aliphatic rings. The van der Waals surface area contributed by atoms with Gasteiger partial charge in [0.05, 0.1) is 12.2 Å². The van der Waals surface area contributed by atoms with E-state index >= 15 is 0 Å². The van der Waals surface area contributed by atoms with Crippen LogP contribution in [0.4, 0.5) is 0 Å². The Morgan fingerprint density at radius 1 is 1.12 bits per heavy atom. The molecule has 4 fully saturated rings. The summed E-state index contributed by atoms with van der Waals surface area (Å²) in [6.07, 6.45) is 6.27. The second-order valence-corrected chi connectivity index (χ2v) is 8.81. The van der Waals surface area contributed by atoms with Crippen molar-refractivity contribution in [3.8, 4) is 0 Å². The van der Waals surface area contributed by atoms with E-state index in [4.69, 9.17) is 9.73 Å². The van der Waals surface area contributed by atoms with Gasteiger partial charge in [0.15, 0.2) is 5.96 Å². The second kappa shape index (κ2) is 7.43. The summed E-state index contributed by atoms with van der Waals surface area (Å²) in [6.45, 7) is 13.5. The first-order chi connectivity index (χ1) is 12.2. The number of nitrogens with zero attached hydrogens (tertiary/aromatic N) is 3. The molecule has 0 spiro atoms. The lowest BCUT2D eigenvalue weighted by Gasteiger charge is -2.35. The van der Waals surface area contributed by atoms with E-state index in [1.165, 1.54) is 38.8 Å². The molecule has 4 saturated heterocycles. The van der Waals surface area contributed by atoms with Gasteiger partial charge in [-0.25, -0.2) is 0 Å². The molecule has 4 aliphatic heterocycles. The smallest absolute Gasteiger partial charge is 0.193 e. The summed E-state index contributed by atoms with van der Waals surface area (Å²) in [4.78, 5) is 10.2. The number of likely N-dealkylation sites (tertiary alicyclic amines) is 2. The van der Waals surface area contributed by atoms with Crippen molar-refractivity contribution in [3.63, 3.8) is 0 Å². The van der Waals surface area contributed by atoms with Crippen LogP contribution >= 0.6 is 0 Å². The summed E-state index contributed by atoms with van der Waals surface area (Å²) >= 11 is 0. The van der Waals surface area contributed by atoms with Crippen molar-refractivity contribution < 1.29 is 4.74 Å². The molecule has 1 N–H and O–H groups in total. The molecular weight excluding hydrogens is 312 g/mol. The lowest BCUT2D eigenvalue weighted by Crippen LogP contribution is -2.43. The highest BCUT2D eigenvalue weighted by molar-refractivity contribution is 5.80. The fourth-order valence-corrected chi connectivity index (χ4v) is 5.49. The van der Waals surface area contributed by atoms with Gasteiger partial charge in [0.25, 0.3) is 0 Å². The number of hydrogen-bond donors (Lipinski definition) is 1. The van der Waals surface area contributed by atoms with Crippen molar-refractivity contribution in [1.82, 2.24) is 15.1 Å². The Kier molecular flexibility index (Phi) is 5.23. The van der Waals surface area contributed by atoms with Gasteiger partial charge in [-0.15, -0.1) is 0 Å². The summed E-state index contributed by atoms with van der Waals surface area (Å²) in [5, 5.41) is 3.56. The molecule has 2 bridgehead atoms. The molecule has 4 heterocycles. The molecule has 0 amide bonds. The maximum Gasteiger partial charge on any atom is 0.193 e. The Hall–Kier alpha value is -0.810. The molecule has 5 heteroatoms. The highest BCUT2D eigenvalue weighted by Crippen LogP contribution is 2.47. The predicted octanol–water partition coefficient (Wildman–Crippen LogP) is 2.18. The molecule has 0 aliphatic carbocycles. The van der Waals surface area contributed by atoms with E-state index in [9.17, 15) is 0 Å². The van der Waals surface area contributed by atoms with Crippen LogP contribution in [0.5, 0.6) is 0 Å². The fourth-order valence-electron chi connectivity index (χ4n) is 5.49. The van der Waals surface area contributed by atoms with Crippen LogP contribution in [0.25, 0.3) is 0 Å². The fraction of sp³-hybridized carbons (Fsp3) is 0.950. The Morgan fingerprint density at radius 2 is 1.84 bits per heavy atom. The monoisotopic (exact) mass is 348 g/mol. The highest BCUT2D eigenvalue weighted by Gasteiger charge is 2.53. The van der Waals surface area contributed by atoms with Crippen LogP contribution < -0.4 is 5.32 Å². The van der Waals surface area contributed by atoms with Crippen molar-refractivity contribution in [1.29, 1.82) is 0 Å². The molecule has 5 atom stereocenters. The topological polar surface area (TPSA) is 40.1 Å². The van der Waals surface area contributed by atoms with E-state index < -0.39 is 0 Å². The number of rotatable bonds is 4. The first kappa shape index (κ1) is 17.6. The summed E-state index contributed by atoms with van der Waals surface area (Å²) in [7, 11) is 0. The molecule has 5 unspecified atom stereocenters. The van der Waals surface area contributed by atoms with Crippen LogP contribution in [0, 0.1) is 17.8 Å². The lowest BCUT2D eigenvalue weighted by molar-refractivity contribution is 0.0767. The zero-order valence-electron chi connectivity index (χ0n) is 16.3. The summed E-state index contributed by atoms with van der Waals surface area (Å²) < 4.78 is 6.12. The minimum atomic E-state index is 0.529. The average Bonchev–Trinajstić information content (AvgIpc) is 3.31. The minimum Gasteiger partial charge on any atom is -0.374 e. The van der Waals surface area contributed by atoms with Gasteiger partial charge in [-0.05, 0) is 58.9 Å². The molecule has 25 heavy (non-hydrogen) atoms. The molecule has 142 valence electrons. The van der Waals surface area contributed by atoms with Crippen LogP contribution in [0.3, 0.4) is 0 Å². The third kappa shape index (κ3) is 3.55. The van der Waals surface area contributed by atoms with Crippen LogP contribution in [0.2, 0.25) is 0 Å². The number of hydrogen-bond acceptors (Lipinski definition) is 3. The van der Waals surface area contributed by atoms with Gasteiger partial charge in [0, 0.05) is 50.6 Å². The van der Waals surface area contributed by atoms with Gasteiger partial charge >= 0.3 is 0 Å². The van der Waals surface area contributed by atoms with Gasteiger partial charge in [-0.2, -0.15) is 0 Å². The number of ether oxygens (including phenoxy) is 1. The average molecular weight is 349 g/mol. The number of guanidine groups is 1. The standard InChI is InChI=1S/C20H36N4O/c1-4-21-20(22-10-15-6-5-9-23(11-15)14(2)3)24-12-16-17(13-24)19-8-7-18(16)25-19/h14-19H,4-13H2,1-3H3,(H,21,22). The van der Waals surface area contributed by atoms with E-state index in [0.29, 0.717) is 24.2 Å². The van der Waals surface area contributed by atoms with E-state index in [0.717, 1.165) is 44.0 Å². The Morgan fingerprint density at radius 3 is 2.48 bits per heavy atom.